The van der Waals surface area contributed by atoms with Gasteiger partial charge in [0.2, 0.25) is 0 Å². The number of nitrogens with one attached hydrogen (secondary N) is 3. The smallest absolute Gasteiger partial charge is 0.333 e. The molecule has 1 aromatic heterocycles. The van der Waals surface area contributed by atoms with E-state index in [1.165, 1.54) is 18.7 Å². The molecule has 0 unspecified atom stereocenters. The summed E-state index contributed by atoms with van der Waals surface area (Å²) in [5.41, 5.74) is 8.05. The molecule has 0 aliphatic heterocycles. The van der Waals surface area contributed by atoms with Gasteiger partial charge in [0.15, 0.2) is 0 Å². The van der Waals surface area contributed by atoms with Crippen LogP contribution in [0, 0.1) is 13.8 Å². The van der Waals surface area contributed by atoms with E-state index in [9.17, 15) is 9.59 Å². The highest BCUT2D eigenvalue weighted by Crippen LogP contribution is 2.22. The Morgan fingerprint density at radius 2 is 1.88 bits per heavy atom. The quantitative estimate of drug-likeness (QED) is 0.576. The van der Waals surface area contributed by atoms with Crippen molar-refractivity contribution in [2.75, 3.05) is 7.05 Å². The van der Waals surface area contributed by atoms with Crippen LogP contribution < -0.4 is 16.2 Å². The molecule has 7 nitrogen and oxygen atoms in total. The molecule has 0 aliphatic carbocycles. The van der Waals surface area contributed by atoms with Crippen molar-refractivity contribution in [2.24, 2.45) is 0 Å². The van der Waals surface area contributed by atoms with Gasteiger partial charge in [0.05, 0.1) is 12.2 Å². The minimum atomic E-state index is -0.512. The Morgan fingerprint density at radius 3 is 2.52 bits per heavy atom. The normalized spacial score (nSPS) is 10.7. The van der Waals surface area contributed by atoms with Gasteiger partial charge in [-0.3, -0.25) is 10.2 Å². The number of aryl methyl sites for hydroxylation is 2. The number of benzene rings is 1. The fraction of sp³-hybridized carbons (Fsp3) is 0.235. The van der Waals surface area contributed by atoms with Crippen LogP contribution in [-0.4, -0.2) is 28.8 Å². The van der Waals surface area contributed by atoms with Crippen molar-refractivity contribution >= 4 is 29.6 Å². The maximum absolute atomic E-state index is 11.7. The predicted octanol–water partition coefficient (Wildman–Crippen LogP) is 2.18. The largest absolute Gasteiger partial charge is 0.340 e. The number of halogens is 1. The summed E-state index contributed by atoms with van der Waals surface area (Å²) in [6.07, 6.45) is 2.85. The molecule has 1 heterocycles. The average molecular weight is 362 g/mol. The highest BCUT2D eigenvalue weighted by Gasteiger charge is 2.12. The minimum Gasteiger partial charge on any atom is -0.340 e. The van der Waals surface area contributed by atoms with Crippen molar-refractivity contribution in [3.8, 4) is 0 Å². The molecular formula is C17H20ClN5O2. The highest BCUT2D eigenvalue weighted by atomic mass is 35.5. The number of nitrogens with zero attached hydrogens (tertiary/aromatic N) is 2. The molecule has 0 fully saturated rings. The van der Waals surface area contributed by atoms with E-state index in [1.54, 1.807) is 10.8 Å². The summed E-state index contributed by atoms with van der Waals surface area (Å²) >= 11 is 6.38. The van der Waals surface area contributed by atoms with E-state index >= 15 is 0 Å². The summed E-state index contributed by atoms with van der Waals surface area (Å²) in [6.45, 7) is 4.39. The topological polar surface area (TPSA) is 88.1 Å². The Labute approximate surface area is 151 Å². The van der Waals surface area contributed by atoms with Crippen LogP contribution in [0.15, 0.2) is 30.3 Å². The lowest BCUT2D eigenvalue weighted by molar-refractivity contribution is -0.117. The van der Waals surface area contributed by atoms with E-state index in [0.717, 1.165) is 5.56 Å². The molecule has 0 spiro atoms. The SMILES string of the molecule is CNC(=O)NNC(=O)C=Cc1c(C)nn(Cc2ccc(C)cc2)c1Cl. The zero-order valence-electron chi connectivity index (χ0n) is 14.3. The third-order valence-corrected chi connectivity index (χ3v) is 3.89. The molecule has 0 bridgehead atoms. The van der Waals surface area contributed by atoms with E-state index in [-0.39, 0.29) is 0 Å². The molecule has 0 radical (unpaired) electrons. The molecule has 0 saturated carbocycles. The van der Waals surface area contributed by atoms with Crippen LogP contribution in [0.3, 0.4) is 0 Å². The second-order valence-corrected chi connectivity index (χ2v) is 5.82. The van der Waals surface area contributed by atoms with E-state index in [1.807, 2.05) is 38.1 Å². The number of amides is 3. The molecule has 2 aromatic rings. The number of carbonyl (C=O) groups is 2. The van der Waals surface area contributed by atoms with Gasteiger partial charge in [0, 0.05) is 18.7 Å². The van der Waals surface area contributed by atoms with Crippen LogP contribution in [0.1, 0.15) is 22.4 Å². The number of hydrazine groups is 1. The fourth-order valence-electron chi connectivity index (χ4n) is 2.11. The lowest BCUT2D eigenvalue weighted by atomic mass is 10.1. The number of hydrogen-bond acceptors (Lipinski definition) is 3. The van der Waals surface area contributed by atoms with Crippen LogP contribution in [-0.2, 0) is 11.3 Å². The van der Waals surface area contributed by atoms with Gasteiger partial charge < -0.3 is 5.32 Å². The molecule has 0 atom stereocenters. The number of hydrogen-bond donors (Lipinski definition) is 3. The standard InChI is InChI=1S/C17H20ClN5O2/c1-11-4-6-13(7-5-11)10-23-16(18)14(12(2)22-23)8-9-15(24)20-21-17(25)19-3/h4-9H,10H2,1-3H3,(H,20,24)(H2,19,21,25). The molecule has 132 valence electrons. The number of rotatable bonds is 4. The van der Waals surface area contributed by atoms with Crippen molar-refractivity contribution in [3.63, 3.8) is 0 Å². The molecule has 0 aliphatic rings. The number of aromatic nitrogens is 2. The molecule has 2 rings (SSSR count). The van der Waals surface area contributed by atoms with Gasteiger partial charge in [-0.05, 0) is 25.5 Å². The van der Waals surface area contributed by atoms with Crippen molar-refractivity contribution in [2.45, 2.75) is 20.4 Å². The lowest BCUT2D eigenvalue weighted by Gasteiger charge is -2.04. The zero-order chi connectivity index (χ0) is 18.4. The van der Waals surface area contributed by atoms with Crippen molar-refractivity contribution in [1.29, 1.82) is 0 Å². The fourth-order valence-corrected chi connectivity index (χ4v) is 2.41. The van der Waals surface area contributed by atoms with Crippen LogP contribution in [0.5, 0.6) is 0 Å². The zero-order valence-corrected chi connectivity index (χ0v) is 15.0. The highest BCUT2D eigenvalue weighted by molar-refractivity contribution is 6.31. The first-order valence-corrected chi connectivity index (χ1v) is 8.02. The maximum Gasteiger partial charge on any atom is 0.333 e. The third-order valence-electron chi connectivity index (χ3n) is 3.49. The Morgan fingerprint density at radius 1 is 1.20 bits per heavy atom. The maximum atomic E-state index is 11.7. The van der Waals surface area contributed by atoms with E-state index in [4.69, 9.17) is 11.6 Å². The van der Waals surface area contributed by atoms with Crippen LogP contribution in [0.4, 0.5) is 4.79 Å². The summed E-state index contributed by atoms with van der Waals surface area (Å²) in [7, 11) is 1.45. The van der Waals surface area contributed by atoms with Crippen LogP contribution in [0.2, 0.25) is 5.15 Å². The molecule has 1 aromatic carbocycles. The summed E-state index contributed by atoms with van der Waals surface area (Å²) in [4.78, 5) is 22.7. The number of carbonyl (C=O) groups excluding carboxylic acids is 2. The molecular weight excluding hydrogens is 342 g/mol. The minimum absolute atomic E-state index is 0.446. The first-order chi connectivity index (χ1) is 11.9. The van der Waals surface area contributed by atoms with Crippen LogP contribution in [0.25, 0.3) is 6.08 Å². The average Bonchev–Trinajstić information content (AvgIpc) is 2.86. The van der Waals surface area contributed by atoms with Gasteiger partial charge in [-0.25, -0.2) is 14.9 Å². The van der Waals surface area contributed by atoms with Gasteiger partial charge in [-0.15, -0.1) is 0 Å². The molecule has 0 saturated heterocycles. The van der Waals surface area contributed by atoms with Crippen molar-refractivity contribution < 1.29 is 9.59 Å². The first-order valence-electron chi connectivity index (χ1n) is 7.65. The Kier molecular flexibility index (Phi) is 6.19. The Bertz CT molecular complexity index is 796. The molecule has 3 amide bonds. The lowest BCUT2D eigenvalue weighted by Crippen LogP contribution is -2.45. The molecule has 3 N–H and O–H groups in total. The third kappa shape index (κ3) is 5.09. The van der Waals surface area contributed by atoms with E-state index < -0.39 is 11.9 Å². The Hall–Kier alpha value is -2.80. The van der Waals surface area contributed by atoms with Gasteiger partial charge >= 0.3 is 6.03 Å². The van der Waals surface area contributed by atoms with E-state index in [2.05, 4.69) is 21.3 Å². The monoisotopic (exact) mass is 361 g/mol. The van der Waals surface area contributed by atoms with Gasteiger partial charge in [-0.1, -0.05) is 41.4 Å². The van der Waals surface area contributed by atoms with Crippen LogP contribution >= 0.6 is 11.6 Å². The molecule has 8 heteroatoms. The second kappa shape index (κ2) is 8.34. The second-order valence-electron chi connectivity index (χ2n) is 5.46. The summed E-state index contributed by atoms with van der Waals surface area (Å²) in [5, 5.41) is 7.18. The first kappa shape index (κ1) is 18.5. The van der Waals surface area contributed by atoms with Gasteiger partial charge in [-0.2, -0.15) is 5.10 Å². The predicted molar refractivity (Wildman–Crippen MR) is 97.0 cm³/mol. The van der Waals surface area contributed by atoms with E-state index in [0.29, 0.717) is 23.0 Å². The molecule has 25 heavy (non-hydrogen) atoms. The van der Waals surface area contributed by atoms with Crippen molar-refractivity contribution in [3.05, 3.63) is 57.9 Å². The summed E-state index contributed by atoms with van der Waals surface area (Å²) in [5.74, 6) is -0.481. The number of urea groups is 1. The van der Waals surface area contributed by atoms with Gasteiger partial charge in [0.25, 0.3) is 5.91 Å². The van der Waals surface area contributed by atoms with Crippen molar-refractivity contribution in [1.82, 2.24) is 25.9 Å². The summed E-state index contributed by atoms with van der Waals surface area (Å²) in [6, 6.07) is 7.60. The summed E-state index contributed by atoms with van der Waals surface area (Å²) < 4.78 is 1.68. The van der Waals surface area contributed by atoms with Gasteiger partial charge in [0.1, 0.15) is 5.15 Å². The Balaban J connectivity index is 2.08.